The zero-order valence-electron chi connectivity index (χ0n) is 15.6. The van der Waals surface area contributed by atoms with Crippen LogP contribution in [-0.2, 0) is 17.5 Å². The molecule has 9 heteroatoms. The SMILES string of the molecule is O=C(CCCn1nc(-c2ccccc2)ccc1=O)Nc1ccc(F)c(C(F)(F)F)c1. The lowest BCUT2D eigenvalue weighted by Crippen LogP contribution is -2.23. The Morgan fingerprint density at radius 2 is 1.77 bits per heavy atom. The van der Waals surface area contributed by atoms with Gasteiger partial charge in [0.25, 0.3) is 5.56 Å². The van der Waals surface area contributed by atoms with Crippen LogP contribution in [0.1, 0.15) is 18.4 Å². The fourth-order valence-electron chi connectivity index (χ4n) is 2.81. The third-order valence-corrected chi connectivity index (χ3v) is 4.27. The standard InChI is InChI=1S/C21H17F4N3O2/c22-17-9-8-15(13-16(17)21(23,24)25)26-19(29)7-4-12-28-20(30)11-10-18(27-28)14-5-2-1-3-6-14/h1-3,5-6,8-11,13H,4,7,12H2,(H,26,29). The lowest BCUT2D eigenvalue weighted by molar-refractivity contribution is -0.140. The first kappa shape index (κ1) is 21.2. The van der Waals surface area contributed by atoms with Gasteiger partial charge in [-0.2, -0.15) is 18.3 Å². The fourth-order valence-corrected chi connectivity index (χ4v) is 2.81. The van der Waals surface area contributed by atoms with Crippen molar-refractivity contribution in [3.05, 3.63) is 82.4 Å². The Balaban J connectivity index is 1.61. The predicted octanol–water partition coefficient (Wildman–Crippen LogP) is 4.49. The molecule has 3 aromatic rings. The van der Waals surface area contributed by atoms with E-state index in [0.29, 0.717) is 17.8 Å². The third kappa shape index (κ3) is 5.31. The molecule has 5 nitrogen and oxygen atoms in total. The Kier molecular flexibility index (Phi) is 6.29. The van der Waals surface area contributed by atoms with Gasteiger partial charge in [-0.15, -0.1) is 0 Å². The lowest BCUT2D eigenvalue weighted by atomic mass is 10.1. The van der Waals surface area contributed by atoms with Crippen LogP contribution in [0.4, 0.5) is 23.2 Å². The molecule has 2 aromatic carbocycles. The van der Waals surface area contributed by atoms with E-state index in [-0.39, 0.29) is 30.6 Å². The van der Waals surface area contributed by atoms with Crippen molar-refractivity contribution < 1.29 is 22.4 Å². The summed E-state index contributed by atoms with van der Waals surface area (Å²) in [6, 6.07) is 14.5. The highest BCUT2D eigenvalue weighted by atomic mass is 19.4. The maximum absolute atomic E-state index is 13.3. The van der Waals surface area contributed by atoms with E-state index in [2.05, 4.69) is 10.4 Å². The molecule has 0 saturated heterocycles. The van der Waals surface area contributed by atoms with E-state index in [0.717, 1.165) is 11.6 Å². The van der Waals surface area contributed by atoms with E-state index < -0.39 is 23.5 Å². The van der Waals surface area contributed by atoms with Crippen LogP contribution in [0.15, 0.2) is 65.5 Å². The van der Waals surface area contributed by atoms with E-state index in [1.807, 2.05) is 30.3 Å². The highest BCUT2D eigenvalue weighted by Crippen LogP contribution is 2.33. The van der Waals surface area contributed by atoms with Crippen molar-refractivity contribution in [1.29, 1.82) is 0 Å². The van der Waals surface area contributed by atoms with Gasteiger partial charge in [0.1, 0.15) is 5.82 Å². The van der Waals surface area contributed by atoms with Crippen LogP contribution in [0, 0.1) is 5.82 Å². The second kappa shape index (κ2) is 8.89. The molecule has 1 heterocycles. The Hall–Kier alpha value is -3.49. The molecule has 1 N–H and O–H groups in total. The molecule has 3 rings (SSSR count). The number of alkyl halides is 3. The molecule has 1 aromatic heterocycles. The summed E-state index contributed by atoms with van der Waals surface area (Å²) < 4.78 is 52.8. The summed E-state index contributed by atoms with van der Waals surface area (Å²) in [5.41, 5.74) is -0.501. The van der Waals surface area contributed by atoms with Crippen LogP contribution >= 0.6 is 0 Å². The summed E-state index contributed by atoms with van der Waals surface area (Å²) >= 11 is 0. The molecular formula is C21H17F4N3O2. The van der Waals surface area contributed by atoms with Gasteiger partial charge < -0.3 is 5.32 Å². The molecule has 0 aliphatic rings. The van der Waals surface area contributed by atoms with Crippen LogP contribution in [0.2, 0.25) is 0 Å². The summed E-state index contributed by atoms with van der Waals surface area (Å²) in [6.45, 7) is 0.157. The van der Waals surface area contributed by atoms with Gasteiger partial charge in [-0.25, -0.2) is 9.07 Å². The fraction of sp³-hybridized carbons (Fsp3) is 0.190. The highest BCUT2D eigenvalue weighted by molar-refractivity contribution is 5.90. The van der Waals surface area contributed by atoms with Crippen LogP contribution in [0.25, 0.3) is 11.3 Å². The normalized spacial score (nSPS) is 11.3. The first-order valence-electron chi connectivity index (χ1n) is 9.04. The number of anilines is 1. The van der Waals surface area contributed by atoms with E-state index in [9.17, 15) is 27.2 Å². The molecule has 156 valence electrons. The van der Waals surface area contributed by atoms with E-state index >= 15 is 0 Å². The van der Waals surface area contributed by atoms with Crippen molar-refractivity contribution >= 4 is 11.6 Å². The smallest absolute Gasteiger partial charge is 0.326 e. The predicted molar refractivity (Wildman–Crippen MR) is 103 cm³/mol. The number of nitrogens with one attached hydrogen (secondary N) is 1. The molecule has 0 spiro atoms. The average molecular weight is 419 g/mol. The van der Waals surface area contributed by atoms with Crippen molar-refractivity contribution in [2.45, 2.75) is 25.6 Å². The van der Waals surface area contributed by atoms with Gasteiger partial charge in [-0.3, -0.25) is 9.59 Å². The molecule has 0 atom stereocenters. The average Bonchev–Trinajstić information content (AvgIpc) is 2.70. The molecule has 30 heavy (non-hydrogen) atoms. The van der Waals surface area contributed by atoms with E-state index in [4.69, 9.17) is 0 Å². The summed E-state index contributed by atoms with van der Waals surface area (Å²) in [7, 11) is 0. The summed E-state index contributed by atoms with van der Waals surface area (Å²) in [6.07, 6.45) is -4.67. The molecule has 0 fully saturated rings. The van der Waals surface area contributed by atoms with Crippen molar-refractivity contribution in [2.24, 2.45) is 0 Å². The van der Waals surface area contributed by atoms with Gasteiger partial charge in [-0.05, 0) is 30.7 Å². The van der Waals surface area contributed by atoms with Gasteiger partial charge in [0.05, 0.1) is 11.3 Å². The van der Waals surface area contributed by atoms with E-state index in [1.54, 1.807) is 6.07 Å². The molecular weight excluding hydrogens is 402 g/mol. The van der Waals surface area contributed by atoms with Gasteiger partial charge in [-0.1, -0.05) is 30.3 Å². The Morgan fingerprint density at radius 3 is 2.47 bits per heavy atom. The maximum atomic E-state index is 13.3. The number of hydrogen-bond acceptors (Lipinski definition) is 3. The number of rotatable bonds is 6. The van der Waals surface area contributed by atoms with Gasteiger partial charge >= 0.3 is 6.18 Å². The zero-order chi connectivity index (χ0) is 21.7. The molecule has 0 unspecified atom stereocenters. The molecule has 0 bridgehead atoms. The number of aryl methyl sites for hydroxylation is 1. The van der Waals surface area contributed by atoms with Crippen molar-refractivity contribution in [3.63, 3.8) is 0 Å². The minimum absolute atomic E-state index is 0.0532. The molecule has 0 aliphatic carbocycles. The minimum Gasteiger partial charge on any atom is -0.326 e. The Morgan fingerprint density at radius 1 is 1.03 bits per heavy atom. The first-order valence-corrected chi connectivity index (χ1v) is 9.04. The Bertz CT molecular complexity index is 1100. The maximum Gasteiger partial charge on any atom is 0.419 e. The van der Waals surface area contributed by atoms with Crippen LogP contribution in [0.5, 0.6) is 0 Å². The summed E-state index contributed by atoms with van der Waals surface area (Å²) in [5.74, 6) is -1.97. The number of hydrogen-bond donors (Lipinski definition) is 1. The second-order valence-electron chi connectivity index (χ2n) is 6.49. The topological polar surface area (TPSA) is 64.0 Å². The summed E-state index contributed by atoms with van der Waals surface area (Å²) in [5, 5.41) is 6.58. The first-order chi connectivity index (χ1) is 14.2. The van der Waals surface area contributed by atoms with Crippen LogP contribution in [-0.4, -0.2) is 15.7 Å². The molecule has 0 saturated carbocycles. The minimum atomic E-state index is -4.86. The number of nitrogens with zero attached hydrogens (tertiary/aromatic N) is 2. The zero-order valence-corrected chi connectivity index (χ0v) is 15.6. The van der Waals surface area contributed by atoms with E-state index in [1.165, 1.54) is 10.7 Å². The van der Waals surface area contributed by atoms with Crippen molar-refractivity contribution in [1.82, 2.24) is 9.78 Å². The quantitative estimate of drug-likeness (QED) is 0.599. The van der Waals surface area contributed by atoms with Crippen molar-refractivity contribution in [2.75, 3.05) is 5.32 Å². The number of carbonyl (C=O) groups is 1. The van der Waals surface area contributed by atoms with Gasteiger partial charge in [0, 0.05) is 30.3 Å². The molecule has 1 amide bonds. The highest BCUT2D eigenvalue weighted by Gasteiger charge is 2.34. The number of carbonyl (C=O) groups excluding carboxylic acids is 1. The van der Waals surface area contributed by atoms with Gasteiger partial charge in [0.2, 0.25) is 5.91 Å². The number of benzene rings is 2. The van der Waals surface area contributed by atoms with Gasteiger partial charge in [0.15, 0.2) is 0 Å². The largest absolute Gasteiger partial charge is 0.419 e. The Labute approximate surface area is 169 Å². The molecule has 0 radical (unpaired) electrons. The number of aromatic nitrogens is 2. The monoisotopic (exact) mass is 419 g/mol. The third-order valence-electron chi connectivity index (χ3n) is 4.27. The van der Waals surface area contributed by atoms with Crippen molar-refractivity contribution in [3.8, 4) is 11.3 Å². The lowest BCUT2D eigenvalue weighted by Gasteiger charge is -2.11. The number of amides is 1. The molecule has 0 aliphatic heterocycles. The van der Waals surface area contributed by atoms with Crippen LogP contribution in [0.3, 0.4) is 0 Å². The summed E-state index contributed by atoms with van der Waals surface area (Å²) in [4.78, 5) is 24.0. The number of halogens is 4. The second-order valence-corrected chi connectivity index (χ2v) is 6.49. The van der Waals surface area contributed by atoms with Crippen LogP contribution < -0.4 is 10.9 Å².